The molecule has 3 heterocycles. The highest BCUT2D eigenvalue weighted by atomic mass is 32.1. The number of aromatic nitrogens is 1. The molecule has 0 spiro atoms. The number of hydrogen-bond acceptors (Lipinski definition) is 5. The Labute approximate surface area is 146 Å². The zero-order chi connectivity index (χ0) is 17.1. The first kappa shape index (κ1) is 16.8. The molecule has 1 aliphatic heterocycles. The number of ether oxygens (including phenoxy) is 1. The van der Waals surface area contributed by atoms with Gasteiger partial charge in [0.05, 0.1) is 12.5 Å². The molecule has 0 aromatic carbocycles. The van der Waals surface area contributed by atoms with E-state index in [1.54, 1.807) is 17.5 Å². The molecule has 1 saturated heterocycles. The molecular weight excluding hydrogens is 322 g/mol. The number of anilines is 1. The maximum absolute atomic E-state index is 12.7. The lowest BCUT2D eigenvalue weighted by molar-refractivity contribution is -0.131. The molecule has 2 unspecified atom stereocenters. The molecule has 3 rings (SSSR count). The van der Waals surface area contributed by atoms with Gasteiger partial charge in [-0.25, -0.2) is 4.98 Å². The van der Waals surface area contributed by atoms with E-state index in [0.717, 1.165) is 29.4 Å². The molecule has 2 atom stereocenters. The van der Waals surface area contributed by atoms with E-state index in [9.17, 15) is 4.79 Å². The first-order valence-corrected chi connectivity index (χ1v) is 9.05. The van der Waals surface area contributed by atoms with Gasteiger partial charge in [-0.3, -0.25) is 4.79 Å². The predicted molar refractivity (Wildman–Crippen MR) is 96.9 cm³/mol. The van der Waals surface area contributed by atoms with Crippen molar-refractivity contribution in [1.29, 1.82) is 0 Å². The van der Waals surface area contributed by atoms with Gasteiger partial charge in [0, 0.05) is 38.1 Å². The third kappa shape index (κ3) is 3.53. The van der Waals surface area contributed by atoms with Crippen LogP contribution in [0.25, 0.3) is 0 Å². The van der Waals surface area contributed by atoms with Crippen LogP contribution in [0.2, 0.25) is 0 Å². The highest BCUT2D eigenvalue weighted by molar-refractivity contribution is 7.10. The normalized spacial score (nSPS) is 18.5. The minimum Gasteiger partial charge on any atom is -0.485 e. The fraction of sp³-hybridized carbons (Fsp3) is 0.444. The van der Waals surface area contributed by atoms with Gasteiger partial charge in [-0.2, -0.15) is 0 Å². The summed E-state index contributed by atoms with van der Waals surface area (Å²) in [6.07, 6.45) is 2.63. The fourth-order valence-electron chi connectivity index (χ4n) is 2.95. The van der Waals surface area contributed by atoms with Crippen LogP contribution in [-0.2, 0) is 4.79 Å². The van der Waals surface area contributed by atoms with Gasteiger partial charge < -0.3 is 14.5 Å². The zero-order valence-corrected chi connectivity index (χ0v) is 15.1. The highest BCUT2D eigenvalue weighted by Crippen LogP contribution is 2.28. The summed E-state index contributed by atoms with van der Waals surface area (Å²) in [5.74, 6) is 1.68. The highest BCUT2D eigenvalue weighted by Gasteiger charge is 2.31. The molecule has 0 radical (unpaired) electrons. The standard InChI is InChI=1S/C18H23N3O2S/c1-13(16-7-5-11-24-16)18(22)21-10-8-14(12-21)23-15-6-4-9-19-17(15)20(2)3/h4-7,9,11,13-14H,8,10,12H2,1-3H3. The lowest BCUT2D eigenvalue weighted by Crippen LogP contribution is -2.33. The molecule has 1 fully saturated rings. The second-order valence-electron chi connectivity index (χ2n) is 6.27. The Morgan fingerprint density at radius 1 is 1.42 bits per heavy atom. The maximum Gasteiger partial charge on any atom is 0.230 e. The van der Waals surface area contributed by atoms with Gasteiger partial charge in [0.15, 0.2) is 11.6 Å². The minimum absolute atomic E-state index is 0.0207. The van der Waals surface area contributed by atoms with Crippen LogP contribution in [0.15, 0.2) is 35.8 Å². The number of carbonyl (C=O) groups excluding carboxylic acids is 1. The zero-order valence-electron chi connectivity index (χ0n) is 14.3. The number of likely N-dealkylation sites (tertiary alicyclic amines) is 1. The van der Waals surface area contributed by atoms with Crippen LogP contribution in [-0.4, -0.2) is 49.1 Å². The summed E-state index contributed by atoms with van der Waals surface area (Å²) in [6.45, 7) is 3.36. The first-order chi connectivity index (χ1) is 11.6. The van der Waals surface area contributed by atoms with E-state index in [2.05, 4.69) is 4.98 Å². The Kier molecular flexibility index (Phi) is 5.04. The van der Waals surface area contributed by atoms with Crippen molar-refractivity contribution in [2.45, 2.75) is 25.4 Å². The molecule has 0 N–H and O–H groups in total. The number of nitrogens with zero attached hydrogens (tertiary/aromatic N) is 3. The van der Waals surface area contributed by atoms with Crippen molar-refractivity contribution in [1.82, 2.24) is 9.88 Å². The topological polar surface area (TPSA) is 45.7 Å². The van der Waals surface area contributed by atoms with E-state index in [1.165, 1.54) is 0 Å². The Balaban J connectivity index is 1.63. The van der Waals surface area contributed by atoms with Gasteiger partial charge in [-0.05, 0) is 30.5 Å². The van der Waals surface area contributed by atoms with Crippen molar-refractivity contribution >= 4 is 23.1 Å². The summed E-state index contributed by atoms with van der Waals surface area (Å²) in [5.41, 5.74) is 0. The molecule has 2 aromatic heterocycles. The van der Waals surface area contributed by atoms with E-state index in [4.69, 9.17) is 4.74 Å². The monoisotopic (exact) mass is 345 g/mol. The number of thiophene rings is 1. The van der Waals surface area contributed by atoms with Gasteiger partial charge in [-0.15, -0.1) is 11.3 Å². The molecule has 0 aliphatic carbocycles. The van der Waals surface area contributed by atoms with Crippen LogP contribution in [0.5, 0.6) is 5.75 Å². The van der Waals surface area contributed by atoms with E-state index < -0.39 is 0 Å². The number of rotatable bonds is 5. The first-order valence-electron chi connectivity index (χ1n) is 8.17. The summed E-state index contributed by atoms with van der Waals surface area (Å²) in [4.78, 5) is 22.0. The molecule has 2 aromatic rings. The van der Waals surface area contributed by atoms with Gasteiger partial charge in [0.25, 0.3) is 0 Å². The van der Waals surface area contributed by atoms with Crippen molar-refractivity contribution in [3.8, 4) is 5.75 Å². The number of hydrogen-bond donors (Lipinski definition) is 0. The van der Waals surface area contributed by atoms with Crippen LogP contribution in [0.4, 0.5) is 5.82 Å². The van der Waals surface area contributed by atoms with Gasteiger partial charge in [-0.1, -0.05) is 6.07 Å². The quantitative estimate of drug-likeness (QED) is 0.836. The smallest absolute Gasteiger partial charge is 0.230 e. The second kappa shape index (κ2) is 7.21. The Bertz CT molecular complexity index is 687. The largest absolute Gasteiger partial charge is 0.485 e. The Morgan fingerprint density at radius 2 is 2.25 bits per heavy atom. The molecule has 24 heavy (non-hydrogen) atoms. The summed E-state index contributed by atoms with van der Waals surface area (Å²) >= 11 is 1.63. The van der Waals surface area contributed by atoms with Crippen LogP contribution in [0.1, 0.15) is 24.1 Å². The molecular formula is C18H23N3O2S. The summed E-state index contributed by atoms with van der Waals surface area (Å²) in [5, 5.41) is 2.01. The molecule has 5 nitrogen and oxygen atoms in total. The SMILES string of the molecule is CC(C(=O)N1CCC(Oc2cccnc2N(C)C)C1)c1cccs1. The van der Waals surface area contributed by atoms with Gasteiger partial charge in [0.1, 0.15) is 6.10 Å². The number of amides is 1. The molecule has 128 valence electrons. The predicted octanol–water partition coefficient (Wildman–Crippen LogP) is 2.99. The van der Waals surface area contributed by atoms with Crippen molar-refractivity contribution in [3.63, 3.8) is 0 Å². The molecule has 6 heteroatoms. The average Bonchev–Trinajstić information content (AvgIpc) is 3.25. The van der Waals surface area contributed by atoms with Crippen LogP contribution < -0.4 is 9.64 Å². The van der Waals surface area contributed by atoms with Crippen molar-refractivity contribution < 1.29 is 9.53 Å². The van der Waals surface area contributed by atoms with Crippen molar-refractivity contribution in [2.75, 3.05) is 32.1 Å². The molecule has 0 saturated carbocycles. The van der Waals surface area contributed by atoms with Crippen LogP contribution in [0.3, 0.4) is 0 Å². The lowest BCUT2D eigenvalue weighted by Gasteiger charge is -2.22. The van der Waals surface area contributed by atoms with Crippen molar-refractivity contribution in [2.24, 2.45) is 0 Å². The van der Waals surface area contributed by atoms with Crippen LogP contribution >= 0.6 is 11.3 Å². The van der Waals surface area contributed by atoms with Gasteiger partial charge in [0.2, 0.25) is 5.91 Å². The van der Waals surface area contributed by atoms with E-state index in [-0.39, 0.29) is 17.9 Å². The summed E-state index contributed by atoms with van der Waals surface area (Å²) in [6, 6.07) is 7.82. The van der Waals surface area contributed by atoms with Gasteiger partial charge >= 0.3 is 0 Å². The van der Waals surface area contributed by atoms with E-state index >= 15 is 0 Å². The Hall–Kier alpha value is -2.08. The molecule has 1 amide bonds. The third-order valence-electron chi connectivity index (χ3n) is 4.27. The lowest BCUT2D eigenvalue weighted by atomic mass is 10.1. The molecule has 1 aliphatic rings. The maximum atomic E-state index is 12.7. The van der Waals surface area contributed by atoms with E-state index in [1.807, 2.05) is 60.5 Å². The Morgan fingerprint density at radius 3 is 2.96 bits per heavy atom. The van der Waals surface area contributed by atoms with Crippen LogP contribution in [0, 0.1) is 0 Å². The minimum atomic E-state index is -0.0838. The summed E-state index contributed by atoms with van der Waals surface area (Å²) < 4.78 is 6.12. The fourth-order valence-corrected chi connectivity index (χ4v) is 3.72. The second-order valence-corrected chi connectivity index (χ2v) is 7.25. The van der Waals surface area contributed by atoms with E-state index in [0.29, 0.717) is 6.54 Å². The third-order valence-corrected chi connectivity index (χ3v) is 5.32. The number of pyridine rings is 1. The molecule has 0 bridgehead atoms. The summed E-state index contributed by atoms with van der Waals surface area (Å²) in [7, 11) is 3.89. The number of carbonyl (C=O) groups is 1. The average molecular weight is 345 g/mol. The van der Waals surface area contributed by atoms with Crippen molar-refractivity contribution in [3.05, 3.63) is 40.7 Å².